The van der Waals surface area contributed by atoms with E-state index in [1.54, 1.807) is 25.2 Å². The number of imidazole rings is 1. The number of hydrogen-bond acceptors (Lipinski definition) is 8. The third-order valence-electron chi connectivity index (χ3n) is 5.74. The summed E-state index contributed by atoms with van der Waals surface area (Å²) >= 11 is 1.71. The maximum Gasteiger partial charge on any atom is 0.191 e. The minimum absolute atomic E-state index is 0.403. The first-order valence-corrected chi connectivity index (χ1v) is 12.4. The maximum atomic E-state index is 5.90. The lowest BCUT2D eigenvalue weighted by molar-refractivity contribution is 0.415. The molecule has 35 heavy (non-hydrogen) atoms. The molecule has 0 fully saturated rings. The molecular weight excluding hydrogens is 460 g/mol. The number of ether oxygens (including phenoxy) is 1. The Labute approximate surface area is 207 Å². The third kappa shape index (κ3) is 5.12. The normalized spacial score (nSPS) is 11.2. The molecule has 2 N–H and O–H groups in total. The van der Waals surface area contributed by atoms with Crippen LogP contribution < -0.4 is 10.5 Å². The molecule has 3 aromatic heterocycles. The molecule has 10 heteroatoms. The van der Waals surface area contributed by atoms with Crippen LogP contribution in [0.3, 0.4) is 0 Å². The quantitative estimate of drug-likeness (QED) is 0.232. The van der Waals surface area contributed by atoms with Gasteiger partial charge in [0, 0.05) is 24.4 Å². The van der Waals surface area contributed by atoms with E-state index < -0.39 is 0 Å². The number of hydrogen-bond donors (Lipinski definition) is 1. The Morgan fingerprint density at radius 2 is 1.77 bits per heavy atom. The molecule has 0 aliphatic carbocycles. The van der Waals surface area contributed by atoms with Gasteiger partial charge in [-0.2, -0.15) is 0 Å². The monoisotopic (exact) mass is 486 g/mol. The molecule has 9 nitrogen and oxygen atoms in total. The second-order valence-electron chi connectivity index (χ2n) is 7.99. The Morgan fingerprint density at radius 3 is 2.57 bits per heavy atom. The van der Waals surface area contributed by atoms with Gasteiger partial charge in [0.2, 0.25) is 0 Å². The fraction of sp³-hybridized carbons (Fsp3) is 0.240. The zero-order valence-electron chi connectivity index (χ0n) is 19.4. The molecule has 3 heterocycles. The number of rotatable bonds is 10. The molecule has 5 rings (SSSR count). The van der Waals surface area contributed by atoms with Crippen molar-refractivity contribution < 1.29 is 4.74 Å². The van der Waals surface area contributed by atoms with Crippen molar-refractivity contribution in [3.05, 3.63) is 72.8 Å². The first-order valence-electron chi connectivity index (χ1n) is 11.4. The van der Waals surface area contributed by atoms with Crippen LogP contribution in [-0.2, 0) is 19.5 Å². The van der Waals surface area contributed by atoms with Crippen molar-refractivity contribution in [3.8, 4) is 17.1 Å². The lowest BCUT2D eigenvalue weighted by atomic mass is 10.1. The average Bonchev–Trinajstić information content (AvgIpc) is 3.51. The Hall–Kier alpha value is -3.92. The average molecular weight is 487 g/mol. The van der Waals surface area contributed by atoms with E-state index in [1.807, 2.05) is 34.9 Å². The first-order chi connectivity index (χ1) is 17.2. The zero-order valence-corrected chi connectivity index (χ0v) is 20.2. The van der Waals surface area contributed by atoms with Crippen LogP contribution in [0.15, 0.2) is 72.4 Å². The summed E-state index contributed by atoms with van der Waals surface area (Å²) in [4.78, 5) is 12.7. The topological polar surface area (TPSA) is 110 Å². The molecule has 0 spiro atoms. The van der Waals surface area contributed by atoms with Gasteiger partial charge in [-0.1, -0.05) is 42.1 Å². The fourth-order valence-corrected chi connectivity index (χ4v) is 4.79. The first kappa shape index (κ1) is 22.9. The number of aryl methyl sites for hydroxylation is 2. The van der Waals surface area contributed by atoms with Crippen LogP contribution in [0.2, 0.25) is 0 Å². The molecule has 5 aromatic rings. The summed E-state index contributed by atoms with van der Waals surface area (Å²) in [5.74, 6) is 2.96. The number of methoxy groups -OCH3 is 1. The van der Waals surface area contributed by atoms with Crippen molar-refractivity contribution in [2.24, 2.45) is 0 Å². The zero-order chi connectivity index (χ0) is 24.0. The summed E-state index contributed by atoms with van der Waals surface area (Å²) in [7, 11) is 1.67. The summed E-state index contributed by atoms with van der Waals surface area (Å²) in [6, 6.07) is 18.4. The van der Waals surface area contributed by atoms with Gasteiger partial charge < -0.3 is 19.6 Å². The molecule has 0 radical (unpaired) electrons. The van der Waals surface area contributed by atoms with Gasteiger partial charge in [0.15, 0.2) is 22.4 Å². The van der Waals surface area contributed by atoms with Gasteiger partial charge in [0.25, 0.3) is 0 Å². The molecule has 0 unspecified atom stereocenters. The SMILES string of the molecule is COc1ccc(-c2nnc(SCCCn3cnc4c(N)ncnc43)n2CCc2ccccc2)cc1. The van der Waals surface area contributed by atoms with Crippen molar-refractivity contribution in [2.75, 3.05) is 18.6 Å². The number of nitrogen functional groups attached to an aromatic ring is 1. The van der Waals surface area contributed by atoms with Gasteiger partial charge in [-0.05, 0) is 42.7 Å². The van der Waals surface area contributed by atoms with Crippen molar-refractivity contribution >= 4 is 28.7 Å². The molecule has 0 aliphatic heterocycles. The Morgan fingerprint density at radius 1 is 0.943 bits per heavy atom. The van der Waals surface area contributed by atoms with Gasteiger partial charge in [0.05, 0.1) is 13.4 Å². The molecule has 0 atom stereocenters. The number of benzene rings is 2. The van der Waals surface area contributed by atoms with Gasteiger partial charge in [-0.3, -0.25) is 0 Å². The number of anilines is 1. The van der Waals surface area contributed by atoms with E-state index in [4.69, 9.17) is 10.5 Å². The fourth-order valence-electron chi connectivity index (χ4n) is 3.90. The summed E-state index contributed by atoms with van der Waals surface area (Å²) in [5.41, 5.74) is 9.60. The standard InChI is InChI=1S/C25H26N8OS/c1-34-20-10-8-19(9-11-20)23-30-31-25(33(23)14-12-18-6-3-2-4-7-18)35-15-5-13-32-17-29-21-22(26)27-16-28-24(21)32/h2-4,6-11,16-17H,5,12-15H2,1H3,(H2,26,27,28). The maximum absolute atomic E-state index is 5.90. The summed E-state index contributed by atoms with van der Waals surface area (Å²) in [6.07, 6.45) is 5.06. The van der Waals surface area contributed by atoms with Crippen LogP contribution in [0, 0.1) is 0 Å². The van der Waals surface area contributed by atoms with E-state index >= 15 is 0 Å². The number of nitrogens with zero attached hydrogens (tertiary/aromatic N) is 7. The third-order valence-corrected chi connectivity index (χ3v) is 6.79. The summed E-state index contributed by atoms with van der Waals surface area (Å²) in [5, 5.41) is 9.98. The van der Waals surface area contributed by atoms with E-state index in [2.05, 4.69) is 54.0 Å². The highest BCUT2D eigenvalue weighted by Crippen LogP contribution is 2.27. The lowest BCUT2D eigenvalue weighted by Crippen LogP contribution is -2.06. The van der Waals surface area contributed by atoms with E-state index in [0.717, 1.165) is 59.6 Å². The van der Waals surface area contributed by atoms with Crippen LogP contribution in [0.1, 0.15) is 12.0 Å². The van der Waals surface area contributed by atoms with Gasteiger partial charge in [-0.25, -0.2) is 15.0 Å². The van der Waals surface area contributed by atoms with Crippen LogP contribution in [-0.4, -0.2) is 47.1 Å². The molecular formula is C25H26N8OS. The largest absolute Gasteiger partial charge is 0.497 e. The highest BCUT2D eigenvalue weighted by Gasteiger charge is 2.15. The lowest BCUT2D eigenvalue weighted by Gasteiger charge is -2.11. The Kier molecular flexibility index (Phi) is 6.89. The van der Waals surface area contributed by atoms with Crippen LogP contribution >= 0.6 is 11.8 Å². The predicted octanol–water partition coefficient (Wildman–Crippen LogP) is 4.10. The van der Waals surface area contributed by atoms with Crippen molar-refractivity contribution in [3.63, 3.8) is 0 Å². The summed E-state index contributed by atoms with van der Waals surface area (Å²) < 4.78 is 9.53. The van der Waals surface area contributed by atoms with E-state index in [1.165, 1.54) is 11.9 Å². The molecule has 0 saturated carbocycles. The minimum Gasteiger partial charge on any atom is -0.497 e. The molecule has 2 aromatic carbocycles. The highest BCUT2D eigenvalue weighted by atomic mass is 32.2. The van der Waals surface area contributed by atoms with Crippen molar-refractivity contribution in [1.29, 1.82) is 0 Å². The minimum atomic E-state index is 0.403. The second kappa shape index (κ2) is 10.6. The number of fused-ring (bicyclic) bond motifs is 1. The molecule has 0 aliphatic rings. The number of thioether (sulfide) groups is 1. The van der Waals surface area contributed by atoms with Crippen LogP contribution in [0.5, 0.6) is 5.75 Å². The van der Waals surface area contributed by atoms with Gasteiger partial charge >= 0.3 is 0 Å². The smallest absolute Gasteiger partial charge is 0.191 e. The van der Waals surface area contributed by atoms with E-state index in [0.29, 0.717) is 11.3 Å². The van der Waals surface area contributed by atoms with E-state index in [9.17, 15) is 0 Å². The Bertz CT molecular complexity index is 1400. The van der Waals surface area contributed by atoms with E-state index in [-0.39, 0.29) is 0 Å². The second-order valence-corrected chi connectivity index (χ2v) is 9.06. The molecule has 178 valence electrons. The highest BCUT2D eigenvalue weighted by molar-refractivity contribution is 7.99. The molecule has 0 saturated heterocycles. The van der Waals surface area contributed by atoms with Gasteiger partial charge in [-0.15, -0.1) is 10.2 Å². The van der Waals surface area contributed by atoms with Gasteiger partial charge in [0.1, 0.15) is 17.6 Å². The molecule has 0 bridgehead atoms. The number of aromatic nitrogens is 7. The van der Waals surface area contributed by atoms with Crippen LogP contribution in [0.25, 0.3) is 22.6 Å². The number of nitrogens with two attached hydrogens (primary N) is 1. The van der Waals surface area contributed by atoms with Crippen molar-refractivity contribution in [2.45, 2.75) is 31.1 Å². The van der Waals surface area contributed by atoms with Crippen LogP contribution in [0.4, 0.5) is 5.82 Å². The molecule has 0 amide bonds. The summed E-state index contributed by atoms with van der Waals surface area (Å²) in [6.45, 7) is 1.58. The van der Waals surface area contributed by atoms with Crippen molar-refractivity contribution in [1.82, 2.24) is 34.3 Å². The Balaban J connectivity index is 1.30. The predicted molar refractivity (Wildman–Crippen MR) is 137 cm³/mol.